The molecule has 0 aliphatic rings. The lowest BCUT2D eigenvalue weighted by molar-refractivity contribution is -0.147. The molecule has 1 rings (SSSR count). The van der Waals surface area contributed by atoms with Crippen molar-refractivity contribution in [2.75, 3.05) is 6.61 Å². The number of primary amides is 1. The van der Waals surface area contributed by atoms with Crippen LogP contribution in [0.25, 0.3) is 0 Å². The van der Waals surface area contributed by atoms with Crippen molar-refractivity contribution >= 4 is 17.8 Å². The SMILES string of the molecule is CCOC(=O)[C@H](C)C[C@@H](NC(=O)c1ccc(C(C)(C)C)cc1)C(N)=O. The average molecular weight is 348 g/mol. The number of nitrogens with two attached hydrogens (primary N) is 1. The molecule has 0 spiro atoms. The first-order chi connectivity index (χ1) is 11.6. The maximum atomic E-state index is 12.4. The van der Waals surface area contributed by atoms with Gasteiger partial charge >= 0.3 is 5.97 Å². The van der Waals surface area contributed by atoms with Crippen LogP contribution in [-0.2, 0) is 19.7 Å². The van der Waals surface area contributed by atoms with Crippen LogP contribution in [-0.4, -0.2) is 30.4 Å². The van der Waals surface area contributed by atoms with E-state index in [2.05, 4.69) is 26.1 Å². The molecule has 25 heavy (non-hydrogen) atoms. The van der Waals surface area contributed by atoms with Crippen LogP contribution >= 0.6 is 0 Å². The third-order valence-electron chi connectivity index (χ3n) is 3.94. The fourth-order valence-electron chi connectivity index (χ4n) is 2.34. The fraction of sp³-hybridized carbons (Fsp3) is 0.526. The van der Waals surface area contributed by atoms with Crippen molar-refractivity contribution in [2.24, 2.45) is 11.7 Å². The number of carbonyl (C=O) groups is 3. The van der Waals surface area contributed by atoms with E-state index < -0.39 is 29.7 Å². The summed E-state index contributed by atoms with van der Waals surface area (Å²) in [6.07, 6.45) is 0.0972. The first kappa shape index (κ1) is 20.7. The molecule has 1 aromatic rings. The van der Waals surface area contributed by atoms with Gasteiger partial charge in [0.05, 0.1) is 12.5 Å². The minimum Gasteiger partial charge on any atom is -0.466 e. The predicted molar refractivity (Wildman–Crippen MR) is 96.0 cm³/mol. The van der Waals surface area contributed by atoms with Gasteiger partial charge in [-0.1, -0.05) is 39.8 Å². The first-order valence-corrected chi connectivity index (χ1v) is 8.43. The summed E-state index contributed by atoms with van der Waals surface area (Å²) in [5.74, 6) is -2.05. The third kappa shape index (κ3) is 6.21. The Morgan fingerprint density at radius 2 is 1.72 bits per heavy atom. The van der Waals surface area contributed by atoms with Gasteiger partial charge in [0.1, 0.15) is 6.04 Å². The van der Waals surface area contributed by atoms with Crippen LogP contribution in [0.15, 0.2) is 24.3 Å². The van der Waals surface area contributed by atoms with Gasteiger partial charge in [-0.2, -0.15) is 0 Å². The Morgan fingerprint density at radius 1 is 1.16 bits per heavy atom. The van der Waals surface area contributed by atoms with E-state index in [0.717, 1.165) is 5.56 Å². The fourth-order valence-corrected chi connectivity index (χ4v) is 2.34. The molecule has 0 unspecified atom stereocenters. The minimum atomic E-state index is -0.936. The summed E-state index contributed by atoms with van der Waals surface area (Å²) in [7, 11) is 0. The van der Waals surface area contributed by atoms with E-state index in [0.29, 0.717) is 5.56 Å². The molecule has 6 heteroatoms. The number of rotatable bonds is 7. The molecular weight excluding hydrogens is 320 g/mol. The van der Waals surface area contributed by atoms with Gasteiger partial charge in [0.15, 0.2) is 0 Å². The molecule has 0 aromatic heterocycles. The van der Waals surface area contributed by atoms with Gasteiger partial charge in [0.25, 0.3) is 5.91 Å². The van der Waals surface area contributed by atoms with Gasteiger partial charge in [0, 0.05) is 5.56 Å². The molecule has 3 N–H and O–H groups in total. The second kappa shape index (κ2) is 8.65. The highest BCUT2D eigenvalue weighted by Gasteiger charge is 2.25. The van der Waals surface area contributed by atoms with Crippen LogP contribution in [0.3, 0.4) is 0 Å². The number of carbonyl (C=O) groups excluding carboxylic acids is 3. The second-order valence-electron chi connectivity index (χ2n) is 7.14. The number of amides is 2. The Morgan fingerprint density at radius 3 is 2.16 bits per heavy atom. The predicted octanol–water partition coefficient (Wildman–Crippen LogP) is 2.16. The standard InChI is InChI=1S/C19H28N2O4/c1-6-25-18(24)12(2)11-15(16(20)22)21-17(23)13-7-9-14(10-8-13)19(3,4)5/h7-10,12,15H,6,11H2,1-5H3,(H2,20,22)(H,21,23)/t12-,15-/m1/s1. The zero-order valence-corrected chi connectivity index (χ0v) is 15.6. The van der Waals surface area contributed by atoms with Crippen LogP contribution in [0, 0.1) is 5.92 Å². The Bertz CT molecular complexity index is 617. The molecule has 0 radical (unpaired) electrons. The Kier molecular flexibility index (Phi) is 7.15. The number of esters is 1. The van der Waals surface area contributed by atoms with Crippen LogP contribution in [0.5, 0.6) is 0 Å². The van der Waals surface area contributed by atoms with Crippen molar-refractivity contribution in [3.8, 4) is 0 Å². The van der Waals surface area contributed by atoms with E-state index in [4.69, 9.17) is 10.5 Å². The highest BCUT2D eigenvalue weighted by molar-refractivity contribution is 5.97. The summed E-state index contributed by atoms with van der Waals surface area (Å²) in [4.78, 5) is 35.7. The molecule has 0 aliphatic carbocycles. The molecule has 0 fully saturated rings. The van der Waals surface area contributed by atoms with E-state index in [1.165, 1.54) is 0 Å². The summed E-state index contributed by atoms with van der Waals surface area (Å²) in [5.41, 5.74) is 6.88. The lowest BCUT2D eigenvalue weighted by Gasteiger charge is -2.20. The first-order valence-electron chi connectivity index (χ1n) is 8.43. The van der Waals surface area contributed by atoms with E-state index in [9.17, 15) is 14.4 Å². The van der Waals surface area contributed by atoms with Gasteiger partial charge in [-0.15, -0.1) is 0 Å². The monoisotopic (exact) mass is 348 g/mol. The molecule has 0 aliphatic heterocycles. The van der Waals surface area contributed by atoms with E-state index in [-0.39, 0.29) is 18.4 Å². The molecular formula is C19H28N2O4. The molecule has 0 bridgehead atoms. The van der Waals surface area contributed by atoms with E-state index in [1.54, 1.807) is 26.0 Å². The molecule has 0 saturated heterocycles. The molecule has 0 saturated carbocycles. The number of hydrogen-bond acceptors (Lipinski definition) is 4. The Labute approximate surface area is 149 Å². The molecule has 1 aromatic carbocycles. The summed E-state index contributed by atoms with van der Waals surface area (Å²) in [6, 6.07) is 6.25. The van der Waals surface area contributed by atoms with Crippen LogP contribution < -0.4 is 11.1 Å². The third-order valence-corrected chi connectivity index (χ3v) is 3.94. The average Bonchev–Trinajstić information content (AvgIpc) is 2.53. The number of benzene rings is 1. The Hall–Kier alpha value is -2.37. The minimum absolute atomic E-state index is 0.0141. The molecule has 2 atom stereocenters. The lowest BCUT2D eigenvalue weighted by atomic mass is 9.86. The van der Waals surface area contributed by atoms with Crippen molar-refractivity contribution < 1.29 is 19.1 Å². The molecule has 2 amide bonds. The van der Waals surface area contributed by atoms with Crippen LogP contribution in [0.4, 0.5) is 0 Å². The van der Waals surface area contributed by atoms with Crippen LogP contribution in [0.1, 0.15) is 57.0 Å². The molecule has 6 nitrogen and oxygen atoms in total. The van der Waals surface area contributed by atoms with Crippen molar-refractivity contribution in [3.63, 3.8) is 0 Å². The van der Waals surface area contributed by atoms with Crippen LogP contribution in [0.2, 0.25) is 0 Å². The van der Waals surface area contributed by atoms with Crippen molar-refractivity contribution in [1.29, 1.82) is 0 Å². The summed E-state index contributed by atoms with van der Waals surface area (Å²) in [6.45, 7) is 9.86. The van der Waals surface area contributed by atoms with Gasteiger partial charge in [-0.3, -0.25) is 14.4 Å². The van der Waals surface area contributed by atoms with E-state index >= 15 is 0 Å². The molecule has 0 heterocycles. The highest BCUT2D eigenvalue weighted by Crippen LogP contribution is 2.22. The lowest BCUT2D eigenvalue weighted by Crippen LogP contribution is -2.46. The maximum absolute atomic E-state index is 12.4. The van der Waals surface area contributed by atoms with E-state index in [1.807, 2.05) is 12.1 Å². The van der Waals surface area contributed by atoms with Gasteiger partial charge < -0.3 is 15.8 Å². The topological polar surface area (TPSA) is 98.5 Å². The second-order valence-corrected chi connectivity index (χ2v) is 7.14. The number of hydrogen-bond donors (Lipinski definition) is 2. The summed E-state index contributed by atoms with van der Waals surface area (Å²) >= 11 is 0. The van der Waals surface area contributed by atoms with Crippen molar-refractivity contribution in [1.82, 2.24) is 5.32 Å². The normalized spacial score (nSPS) is 13.6. The molecule has 138 valence electrons. The zero-order chi connectivity index (χ0) is 19.2. The van der Waals surface area contributed by atoms with Crippen molar-refractivity contribution in [3.05, 3.63) is 35.4 Å². The summed E-state index contributed by atoms with van der Waals surface area (Å²) in [5, 5.41) is 2.60. The quantitative estimate of drug-likeness (QED) is 0.738. The summed E-state index contributed by atoms with van der Waals surface area (Å²) < 4.78 is 4.92. The van der Waals surface area contributed by atoms with Gasteiger partial charge in [-0.05, 0) is 36.5 Å². The zero-order valence-electron chi connectivity index (χ0n) is 15.6. The smallest absolute Gasteiger partial charge is 0.308 e. The number of ether oxygens (including phenoxy) is 1. The van der Waals surface area contributed by atoms with Crippen molar-refractivity contribution in [2.45, 2.75) is 52.5 Å². The van der Waals surface area contributed by atoms with Gasteiger partial charge in [-0.25, -0.2) is 0 Å². The maximum Gasteiger partial charge on any atom is 0.308 e. The number of nitrogens with one attached hydrogen (secondary N) is 1. The highest BCUT2D eigenvalue weighted by atomic mass is 16.5. The Balaban J connectivity index is 2.79. The van der Waals surface area contributed by atoms with Gasteiger partial charge in [0.2, 0.25) is 5.91 Å². The largest absolute Gasteiger partial charge is 0.466 e.